The van der Waals surface area contributed by atoms with Crippen LogP contribution in [0.25, 0.3) is 11.0 Å². The number of aromatic amines is 1. The highest BCUT2D eigenvalue weighted by atomic mass is 16.2. The zero-order valence-corrected chi connectivity index (χ0v) is 13.5. The average Bonchev–Trinajstić information content (AvgIpc) is 2.98. The number of H-pyrrole nitrogens is 1. The van der Waals surface area contributed by atoms with E-state index in [4.69, 9.17) is 0 Å². The lowest BCUT2D eigenvalue weighted by atomic mass is 10.1. The van der Waals surface area contributed by atoms with Gasteiger partial charge in [-0.2, -0.15) is 0 Å². The van der Waals surface area contributed by atoms with Crippen LogP contribution in [-0.2, 0) is 24.2 Å². The van der Waals surface area contributed by atoms with Crippen molar-refractivity contribution in [1.29, 1.82) is 0 Å². The van der Waals surface area contributed by atoms with Crippen LogP contribution < -0.4 is 0 Å². The van der Waals surface area contributed by atoms with Crippen molar-refractivity contribution in [3.8, 4) is 0 Å². The van der Waals surface area contributed by atoms with Gasteiger partial charge in [-0.1, -0.05) is 43.3 Å². The number of hydrogen-bond donors (Lipinski definition) is 1. The molecule has 1 amide bonds. The van der Waals surface area contributed by atoms with E-state index >= 15 is 0 Å². The molecule has 0 atom stereocenters. The van der Waals surface area contributed by atoms with Gasteiger partial charge in [0, 0.05) is 20.0 Å². The lowest BCUT2D eigenvalue weighted by Crippen LogP contribution is -2.27. The molecule has 0 saturated heterocycles. The number of imidazole rings is 1. The van der Waals surface area contributed by atoms with E-state index in [0.717, 1.165) is 34.4 Å². The summed E-state index contributed by atoms with van der Waals surface area (Å²) >= 11 is 0. The Morgan fingerprint density at radius 1 is 1.13 bits per heavy atom. The Morgan fingerprint density at radius 3 is 2.65 bits per heavy atom. The molecule has 1 heterocycles. The lowest BCUT2D eigenvalue weighted by Gasteiger charge is -2.17. The smallest absolute Gasteiger partial charge is 0.227 e. The van der Waals surface area contributed by atoms with Crippen molar-refractivity contribution in [2.24, 2.45) is 0 Å². The number of amides is 1. The van der Waals surface area contributed by atoms with Crippen molar-refractivity contribution in [1.82, 2.24) is 14.9 Å². The maximum Gasteiger partial charge on any atom is 0.227 e. The predicted molar refractivity (Wildman–Crippen MR) is 92.1 cm³/mol. The molecule has 23 heavy (non-hydrogen) atoms. The second kappa shape index (κ2) is 6.65. The maximum atomic E-state index is 12.4. The Bertz CT molecular complexity index is 808. The van der Waals surface area contributed by atoms with Crippen LogP contribution in [0.15, 0.2) is 48.5 Å². The molecule has 0 aliphatic rings. The third-order valence-electron chi connectivity index (χ3n) is 3.97. The van der Waals surface area contributed by atoms with Crippen molar-refractivity contribution in [3.63, 3.8) is 0 Å². The van der Waals surface area contributed by atoms with E-state index in [0.29, 0.717) is 13.0 Å². The zero-order valence-electron chi connectivity index (χ0n) is 13.5. The number of benzene rings is 2. The quantitative estimate of drug-likeness (QED) is 0.786. The summed E-state index contributed by atoms with van der Waals surface area (Å²) in [6, 6.07) is 16.0. The molecule has 118 valence electrons. The fourth-order valence-electron chi connectivity index (χ4n) is 2.64. The van der Waals surface area contributed by atoms with Crippen molar-refractivity contribution in [2.45, 2.75) is 26.3 Å². The van der Waals surface area contributed by atoms with E-state index in [1.54, 1.807) is 4.90 Å². The first-order chi connectivity index (χ1) is 11.2. The number of carbonyl (C=O) groups is 1. The van der Waals surface area contributed by atoms with Gasteiger partial charge in [-0.05, 0) is 23.3 Å². The number of aromatic nitrogens is 2. The van der Waals surface area contributed by atoms with E-state index in [9.17, 15) is 4.79 Å². The lowest BCUT2D eigenvalue weighted by molar-refractivity contribution is -0.129. The first kappa shape index (κ1) is 15.3. The normalized spacial score (nSPS) is 10.9. The van der Waals surface area contributed by atoms with Gasteiger partial charge in [0.15, 0.2) is 0 Å². The SMILES string of the molecule is CCc1nc2ccc(CC(=O)N(C)Cc3ccccc3)cc2[nH]1. The van der Waals surface area contributed by atoms with Gasteiger partial charge >= 0.3 is 0 Å². The van der Waals surface area contributed by atoms with Crippen molar-refractivity contribution >= 4 is 16.9 Å². The molecule has 2 aromatic carbocycles. The summed E-state index contributed by atoms with van der Waals surface area (Å²) in [6.07, 6.45) is 1.28. The first-order valence-electron chi connectivity index (χ1n) is 7.91. The van der Waals surface area contributed by atoms with Gasteiger partial charge in [0.1, 0.15) is 5.82 Å². The average molecular weight is 307 g/mol. The van der Waals surface area contributed by atoms with Crippen molar-refractivity contribution in [3.05, 3.63) is 65.5 Å². The highest BCUT2D eigenvalue weighted by molar-refractivity contribution is 5.81. The predicted octanol–water partition coefficient (Wildman–Crippen LogP) is 3.33. The molecule has 0 radical (unpaired) electrons. The molecular formula is C19H21N3O. The molecule has 0 bridgehead atoms. The van der Waals surface area contributed by atoms with E-state index in [1.165, 1.54) is 0 Å². The topological polar surface area (TPSA) is 49.0 Å². The molecule has 0 unspecified atom stereocenters. The number of carbonyl (C=O) groups excluding carboxylic acids is 1. The summed E-state index contributed by atoms with van der Waals surface area (Å²) in [6.45, 7) is 2.70. The molecule has 1 aromatic heterocycles. The Balaban J connectivity index is 1.69. The maximum absolute atomic E-state index is 12.4. The summed E-state index contributed by atoms with van der Waals surface area (Å²) in [5.41, 5.74) is 4.10. The fourth-order valence-corrected chi connectivity index (χ4v) is 2.64. The van der Waals surface area contributed by atoms with Crippen LogP contribution in [0.3, 0.4) is 0 Å². The molecule has 0 saturated carbocycles. The van der Waals surface area contributed by atoms with Crippen LogP contribution >= 0.6 is 0 Å². The molecule has 4 heteroatoms. The Kier molecular flexibility index (Phi) is 4.42. The number of nitrogens with zero attached hydrogens (tertiary/aromatic N) is 2. The van der Waals surface area contributed by atoms with Crippen LogP contribution in [0.4, 0.5) is 0 Å². The van der Waals surface area contributed by atoms with Gasteiger partial charge in [-0.25, -0.2) is 4.98 Å². The summed E-state index contributed by atoms with van der Waals surface area (Å²) in [7, 11) is 1.85. The van der Waals surface area contributed by atoms with Crippen LogP contribution in [0, 0.1) is 0 Å². The molecule has 1 N–H and O–H groups in total. The number of hydrogen-bond acceptors (Lipinski definition) is 2. The van der Waals surface area contributed by atoms with Gasteiger partial charge in [-0.15, -0.1) is 0 Å². The molecule has 0 aliphatic heterocycles. The highest BCUT2D eigenvalue weighted by Crippen LogP contribution is 2.15. The molecule has 3 aromatic rings. The Hall–Kier alpha value is -2.62. The number of fused-ring (bicyclic) bond motifs is 1. The monoisotopic (exact) mass is 307 g/mol. The minimum absolute atomic E-state index is 0.114. The minimum atomic E-state index is 0.114. The van der Waals surface area contributed by atoms with Gasteiger partial charge in [0.05, 0.1) is 17.5 Å². The van der Waals surface area contributed by atoms with Gasteiger partial charge < -0.3 is 9.88 Å². The van der Waals surface area contributed by atoms with E-state index < -0.39 is 0 Å². The second-order valence-electron chi connectivity index (χ2n) is 5.80. The molecule has 0 fully saturated rings. The summed E-state index contributed by atoms with van der Waals surface area (Å²) in [5.74, 6) is 1.09. The zero-order chi connectivity index (χ0) is 16.2. The van der Waals surface area contributed by atoms with E-state index in [1.807, 2.05) is 55.6 Å². The number of aryl methyl sites for hydroxylation is 1. The number of rotatable bonds is 5. The van der Waals surface area contributed by atoms with Crippen LogP contribution in [-0.4, -0.2) is 27.8 Å². The second-order valence-corrected chi connectivity index (χ2v) is 5.80. The molecule has 0 aliphatic carbocycles. The van der Waals surface area contributed by atoms with Gasteiger partial charge in [0.2, 0.25) is 5.91 Å². The number of likely N-dealkylation sites (N-methyl/N-ethyl adjacent to an activating group) is 1. The first-order valence-corrected chi connectivity index (χ1v) is 7.91. The molecular weight excluding hydrogens is 286 g/mol. The summed E-state index contributed by atoms with van der Waals surface area (Å²) < 4.78 is 0. The van der Waals surface area contributed by atoms with Crippen LogP contribution in [0.5, 0.6) is 0 Å². The van der Waals surface area contributed by atoms with Gasteiger partial charge in [0.25, 0.3) is 0 Å². The Morgan fingerprint density at radius 2 is 1.91 bits per heavy atom. The largest absolute Gasteiger partial charge is 0.342 e. The summed E-state index contributed by atoms with van der Waals surface area (Å²) in [5, 5.41) is 0. The number of nitrogens with one attached hydrogen (secondary N) is 1. The molecule has 4 nitrogen and oxygen atoms in total. The summed E-state index contributed by atoms with van der Waals surface area (Å²) in [4.78, 5) is 22.0. The highest BCUT2D eigenvalue weighted by Gasteiger charge is 2.11. The van der Waals surface area contributed by atoms with E-state index in [-0.39, 0.29) is 5.91 Å². The van der Waals surface area contributed by atoms with Crippen molar-refractivity contribution in [2.75, 3.05) is 7.05 Å². The van der Waals surface area contributed by atoms with Crippen LogP contribution in [0.2, 0.25) is 0 Å². The Labute approximate surface area is 136 Å². The van der Waals surface area contributed by atoms with E-state index in [2.05, 4.69) is 16.9 Å². The minimum Gasteiger partial charge on any atom is -0.342 e. The van der Waals surface area contributed by atoms with Crippen molar-refractivity contribution < 1.29 is 4.79 Å². The molecule has 0 spiro atoms. The van der Waals surface area contributed by atoms with Crippen LogP contribution in [0.1, 0.15) is 23.9 Å². The third kappa shape index (κ3) is 3.59. The third-order valence-corrected chi connectivity index (χ3v) is 3.97. The molecule has 3 rings (SSSR count). The standard InChI is InChI=1S/C19H21N3O/c1-3-18-20-16-10-9-15(11-17(16)21-18)12-19(23)22(2)13-14-7-5-4-6-8-14/h4-11H,3,12-13H2,1-2H3,(H,20,21). The fraction of sp³-hybridized carbons (Fsp3) is 0.263. The van der Waals surface area contributed by atoms with Gasteiger partial charge in [-0.3, -0.25) is 4.79 Å².